The Labute approximate surface area is 201 Å². The first-order chi connectivity index (χ1) is 15.9. The maximum Gasteiger partial charge on any atom is 0.331 e. The van der Waals surface area contributed by atoms with Crippen LogP contribution < -0.4 is 0 Å². The second-order valence-electron chi connectivity index (χ2n) is 11.0. The van der Waals surface area contributed by atoms with E-state index in [1.54, 1.807) is 31.2 Å². The number of aliphatic hydroxyl groups is 3. The summed E-state index contributed by atoms with van der Waals surface area (Å²) < 4.78 is 5.73. The van der Waals surface area contributed by atoms with Gasteiger partial charge >= 0.3 is 5.97 Å². The van der Waals surface area contributed by atoms with Crippen LogP contribution in [0.25, 0.3) is 0 Å². The molecule has 184 valence electrons. The topological polar surface area (TPSA) is 104 Å². The van der Waals surface area contributed by atoms with Crippen LogP contribution in [0.4, 0.5) is 0 Å². The first kappa shape index (κ1) is 24.8. The summed E-state index contributed by atoms with van der Waals surface area (Å²) in [6.45, 7) is 13.0. The van der Waals surface area contributed by atoms with E-state index in [-0.39, 0.29) is 40.9 Å². The van der Waals surface area contributed by atoms with Crippen molar-refractivity contribution >= 4 is 11.8 Å². The van der Waals surface area contributed by atoms with Gasteiger partial charge in [0.2, 0.25) is 0 Å². The predicted molar refractivity (Wildman–Crippen MR) is 128 cm³/mol. The molecule has 7 atom stereocenters. The van der Waals surface area contributed by atoms with Crippen molar-refractivity contribution in [1.29, 1.82) is 0 Å². The van der Waals surface area contributed by atoms with E-state index in [1.807, 2.05) is 13.8 Å². The van der Waals surface area contributed by atoms with Crippen molar-refractivity contribution in [3.63, 3.8) is 0 Å². The predicted octanol–water partition coefficient (Wildman–Crippen LogP) is 3.20. The van der Waals surface area contributed by atoms with E-state index >= 15 is 0 Å². The second kappa shape index (κ2) is 8.14. The third-order valence-corrected chi connectivity index (χ3v) is 9.10. The van der Waals surface area contributed by atoms with Crippen LogP contribution in [0.2, 0.25) is 0 Å². The third kappa shape index (κ3) is 3.11. The van der Waals surface area contributed by atoms with Crippen LogP contribution in [-0.4, -0.2) is 51.5 Å². The van der Waals surface area contributed by atoms with E-state index in [2.05, 4.69) is 20.4 Å². The van der Waals surface area contributed by atoms with E-state index in [0.29, 0.717) is 12.0 Å². The Kier molecular flexibility index (Phi) is 5.95. The second-order valence-corrected chi connectivity index (χ2v) is 11.0. The van der Waals surface area contributed by atoms with Crippen molar-refractivity contribution in [2.45, 2.75) is 65.3 Å². The number of fused-ring (bicyclic) bond motifs is 4. The molecule has 0 amide bonds. The molecule has 3 N–H and O–H groups in total. The number of aliphatic hydroxyl groups excluding tert-OH is 2. The van der Waals surface area contributed by atoms with Gasteiger partial charge in [0.05, 0.1) is 12.0 Å². The number of esters is 1. The average molecular weight is 469 g/mol. The molecule has 6 heteroatoms. The summed E-state index contributed by atoms with van der Waals surface area (Å²) in [6.07, 6.45) is 5.88. The van der Waals surface area contributed by atoms with Gasteiger partial charge in [0, 0.05) is 12.5 Å². The summed E-state index contributed by atoms with van der Waals surface area (Å²) in [7, 11) is 0. The zero-order chi connectivity index (χ0) is 25.2. The van der Waals surface area contributed by atoms with Gasteiger partial charge in [-0.3, -0.25) is 4.79 Å². The molecule has 4 aliphatic rings. The van der Waals surface area contributed by atoms with Gasteiger partial charge in [-0.2, -0.15) is 0 Å². The highest BCUT2D eigenvalue weighted by molar-refractivity contribution is 5.94. The van der Waals surface area contributed by atoms with E-state index in [4.69, 9.17) is 4.74 Å². The lowest BCUT2D eigenvalue weighted by Crippen LogP contribution is -2.65. The van der Waals surface area contributed by atoms with E-state index in [1.165, 1.54) is 6.08 Å². The summed E-state index contributed by atoms with van der Waals surface area (Å²) in [4.78, 5) is 26.7. The number of Topliss-reactive ketones (excluding diaryl/α,β-unsaturated/α-hetero) is 1. The number of carbonyl (C=O) groups excluding carboxylic acids is 2. The van der Waals surface area contributed by atoms with Crippen LogP contribution >= 0.6 is 0 Å². The molecule has 0 saturated heterocycles. The number of rotatable bonds is 5. The van der Waals surface area contributed by atoms with Crippen LogP contribution in [0.15, 0.2) is 59.3 Å². The number of carbonyl (C=O) groups is 2. The molecule has 0 aromatic carbocycles. The summed E-state index contributed by atoms with van der Waals surface area (Å²) in [5.41, 5.74) is -1.31. The van der Waals surface area contributed by atoms with Crippen molar-refractivity contribution in [1.82, 2.24) is 0 Å². The summed E-state index contributed by atoms with van der Waals surface area (Å²) >= 11 is 0. The van der Waals surface area contributed by atoms with Crippen LogP contribution in [0.5, 0.6) is 0 Å². The van der Waals surface area contributed by atoms with Gasteiger partial charge in [0.1, 0.15) is 11.9 Å². The normalized spacial score (nSPS) is 40.8. The summed E-state index contributed by atoms with van der Waals surface area (Å²) in [5, 5.41) is 34.3. The minimum absolute atomic E-state index is 0.0469. The number of ether oxygens (including phenoxy) is 1. The Morgan fingerprint density at radius 1 is 1.32 bits per heavy atom. The third-order valence-electron chi connectivity index (χ3n) is 9.10. The number of hydrogen-bond acceptors (Lipinski definition) is 6. The fourth-order valence-corrected chi connectivity index (χ4v) is 7.20. The van der Waals surface area contributed by atoms with Crippen LogP contribution in [0.3, 0.4) is 0 Å². The molecule has 4 rings (SSSR count). The molecule has 0 aromatic rings. The highest BCUT2D eigenvalue weighted by Crippen LogP contribution is 2.70. The number of hydrogen-bond donors (Lipinski definition) is 3. The quantitative estimate of drug-likeness (QED) is 0.248. The zero-order valence-electron chi connectivity index (χ0n) is 20.7. The molecule has 2 fully saturated rings. The van der Waals surface area contributed by atoms with Crippen LogP contribution in [0.1, 0.15) is 47.5 Å². The maximum absolute atomic E-state index is 13.9. The molecule has 2 bridgehead atoms. The lowest BCUT2D eigenvalue weighted by atomic mass is 9.59. The Hall–Kier alpha value is -2.28. The van der Waals surface area contributed by atoms with Gasteiger partial charge in [-0.25, -0.2) is 4.79 Å². The summed E-state index contributed by atoms with van der Waals surface area (Å²) in [5.74, 6) is -0.832. The van der Waals surface area contributed by atoms with Gasteiger partial charge in [0.25, 0.3) is 0 Å². The largest absolute Gasteiger partial charge is 0.451 e. The first-order valence-electron chi connectivity index (χ1n) is 12.0. The molecule has 0 radical (unpaired) electrons. The molecule has 7 unspecified atom stereocenters. The van der Waals surface area contributed by atoms with E-state index in [9.17, 15) is 24.9 Å². The Balaban J connectivity index is 1.83. The van der Waals surface area contributed by atoms with Crippen molar-refractivity contribution in [3.8, 4) is 0 Å². The standard InChI is InChI=1S/C28H36O6/c1-7-17(8-2)9-10-22(31)34-25-15(3)13-27-16(4)11-20-23(26(20,5)6)18(12-21(27)30)19(14-29)24(32)28(25,27)33/h7-10,13,16,20,23-25,29,32-33H,1,11-12,14H2,2-6H3/b10-9+,17-8+. The molecule has 2 saturated carbocycles. The van der Waals surface area contributed by atoms with Crippen LogP contribution in [-0.2, 0) is 14.3 Å². The van der Waals surface area contributed by atoms with Crippen molar-refractivity contribution in [3.05, 3.63) is 59.3 Å². The number of allylic oxidation sites excluding steroid dienone is 5. The first-order valence-corrected chi connectivity index (χ1v) is 12.0. The Morgan fingerprint density at radius 2 is 2.00 bits per heavy atom. The van der Waals surface area contributed by atoms with Gasteiger partial charge < -0.3 is 20.1 Å². The monoisotopic (exact) mass is 468 g/mol. The highest BCUT2D eigenvalue weighted by Gasteiger charge is 2.74. The molecule has 0 heterocycles. The lowest BCUT2D eigenvalue weighted by molar-refractivity contribution is -0.200. The average Bonchev–Trinajstić information content (AvgIpc) is 3.23. The molecule has 0 aromatic heterocycles. The summed E-state index contributed by atoms with van der Waals surface area (Å²) in [6, 6.07) is 0. The Bertz CT molecular complexity index is 1060. The molecule has 4 aliphatic carbocycles. The van der Waals surface area contributed by atoms with Crippen molar-refractivity contribution in [2.24, 2.45) is 28.6 Å². The van der Waals surface area contributed by atoms with Gasteiger partial charge in [-0.15, -0.1) is 0 Å². The number of ketones is 1. The van der Waals surface area contributed by atoms with Gasteiger partial charge in [-0.05, 0) is 66.2 Å². The van der Waals surface area contributed by atoms with E-state index < -0.39 is 35.8 Å². The lowest BCUT2D eigenvalue weighted by Gasteiger charge is -2.48. The van der Waals surface area contributed by atoms with Gasteiger partial charge in [0.15, 0.2) is 11.7 Å². The maximum atomic E-state index is 13.9. The molecule has 34 heavy (non-hydrogen) atoms. The minimum Gasteiger partial charge on any atom is -0.451 e. The molecular formula is C28H36O6. The minimum atomic E-state index is -2.11. The Morgan fingerprint density at radius 3 is 2.59 bits per heavy atom. The molecular weight excluding hydrogens is 432 g/mol. The molecule has 6 nitrogen and oxygen atoms in total. The van der Waals surface area contributed by atoms with Crippen LogP contribution in [0, 0.1) is 28.6 Å². The van der Waals surface area contributed by atoms with E-state index in [0.717, 1.165) is 11.1 Å². The fourth-order valence-electron chi connectivity index (χ4n) is 7.20. The fraction of sp³-hybridized carbons (Fsp3) is 0.571. The van der Waals surface area contributed by atoms with Crippen molar-refractivity contribution in [2.75, 3.05) is 6.61 Å². The SMILES string of the molecule is C=CC(/C=C/C(=O)OC1C(C)=CC23C(=O)CC(=C(CO)C(O)C12O)C1C(CC3C)C1(C)C)=C\C. The van der Waals surface area contributed by atoms with Gasteiger partial charge in [-0.1, -0.05) is 51.2 Å². The highest BCUT2D eigenvalue weighted by atomic mass is 16.6. The zero-order valence-corrected chi connectivity index (χ0v) is 20.7. The molecule has 1 spiro atoms. The van der Waals surface area contributed by atoms with Crippen molar-refractivity contribution < 1.29 is 29.6 Å². The smallest absolute Gasteiger partial charge is 0.331 e. The molecule has 0 aliphatic heterocycles.